The summed E-state index contributed by atoms with van der Waals surface area (Å²) >= 11 is 6.61. The summed E-state index contributed by atoms with van der Waals surface area (Å²) in [5, 5.41) is 0. The van der Waals surface area contributed by atoms with Gasteiger partial charge in [0.15, 0.2) is 0 Å². The molecule has 72 valence electrons. The van der Waals surface area contributed by atoms with Gasteiger partial charge >= 0.3 is 0 Å². The molecule has 0 saturated carbocycles. The first-order valence-corrected chi connectivity index (χ1v) is 5.42. The number of fused-ring (bicyclic) bond motifs is 1. The average molecular weight is 319 g/mol. The number of Topliss-reactive ketones (excluding diaryl/α,β-unsaturated/α-hetero) is 1. The Kier molecular flexibility index (Phi) is 2.23. The fraction of sp³-hybridized carbons (Fsp3) is 0.111. The number of anilines is 1. The molecule has 2 rings (SSSR count). The summed E-state index contributed by atoms with van der Waals surface area (Å²) in [5.74, 6) is -0.930. The highest BCUT2D eigenvalue weighted by atomic mass is 79.9. The van der Waals surface area contributed by atoms with Gasteiger partial charge in [0.1, 0.15) is 0 Å². The van der Waals surface area contributed by atoms with Crippen molar-refractivity contribution in [2.75, 3.05) is 11.9 Å². The highest BCUT2D eigenvalue weighted by molar-refractivity contribution is 9.13. The van der Waals surface area contributed by atoms with Gasteiger partial charge < -0.3 is 4.90 Å². The maximum Gasteiger partial charge on any atom is 0.299 e. The zero-order valence-corrected chi connectivity index (χ0v) is 10.3. The van der Waals surface area contributed by atoms with Gasteiger partial charge in [-0.3, -0.25) is 9.59 Å². The Morgan fingerprint density at radius 2 is 1.71 bits per heavy atom. The van der Waals surface area contributed by atoms with Crippen molar-refractivity contribution in [3.8, 4) is 0 Å². The van der Waals surface area contributed by atoms with Gasteiger partial charge in [-0.2, -0.15) is 0 Å². The first-order chi connectivity index (χ1) is 6.52. The van der Waals surface area contributed by atoms with Gasteiger partial charge in [-0.15, -0.1) is 0 Å². The largest absolute Gasteiger partial charge is 0.308 e. The van der Waals surface area contributed by atoms with Gasteiger partial charge in [-0.05, 0) is 44.0 Å². The van der Waals surface area contributed by atoms with Crippen molar-refractivity contribution < 1.29 is 9.59 Å². The Morgan fingerprint density at radius 1 is 1.14 bits per heavy atom. The number of likely N-dealkylation sites (N-methyl/N-ethyl adjacent to an activating group) is 1. The molecule has 1 aliphatic rings. The van der Waals surface area contributed by atoms with Crippen LogP contribution in [0.25, 0.3) is 0 Å². The Hall–Kier alpha value is -0.680. The maximum absolute atomic E-state index is 11.4. The SMILES string of the molecule is CN1C(=O)C(=O)c2cc(Br)c(Br)cc21. The summed E-state index contributed by atoms with van der Waals surface area (Å²) in [6.45, 7) is 0. The van der Waals surface area contributed by atoms with E-state index in [9.17, 15) is 9.59 Å². The van der Waals surface area contributed by atoms with E-state index in [2.05, 4.69) is 31.9 Å². The summed E-state index contributed by atoms with van der Waals surface area (Å²) < 4.78 is 1.60. The van der Waals surface area contributed by atoms with Crippen LogP contribution in [0.5, 0.6) is 0 Å². The average Bonchev–Trinajstić information content (AvgIpc) is 2.34. The smallest absolute Gasteiger partial charge is 0.299 e. The summed E-state index contributed by atoms with van der Waals surface area (Å²) in [5.41, 5.74) is 1.10. The number of rotatable bonds is 0. The minimum Gasteiger partial charge on any atom is -0.308 e. The van der Waals surface area contributed by atoms with Crippen molar-refractivity contribution in [2.24, 2.45) is 0 Å². The molecule has 5 heteroatoms. The Morgan fingerprint density at radius 3 is 2.36 bits per heavy atom. The lowest BCUT2D eigenvalue weighted by atomic mass is 10.1. The lowest BCUT2D eigenvalue weighted by Gasteiger charge is -2.09. The van der Waals surface area contributed by atoms with Crippen LogP contribution in [-0.4, -0.2) is 18.7 Å². The molecule has 0 fully saturated rings. The van der Waals surface area contributed by atoms with E-state index in [0.29, 0.717) is 11.3 Å². The van der Waals surface area contributed by atoms with E-state index in [0.717, 1.165) is 8.95 Å². The number of hydrogen-bond acceptors (Lipinski definition) is 2. The van der Waals surface area contributed by atoms with Crippen LogP contribution in [-0.2, 0) is 4.79 Å². The second-order valence-electron chi connectivity index (χ2n) is 2.98. The molecular formula is C9H5Br2NO2. The van der Waals surface area contributed by atoms with Crippen molar-refractivity contribution >= 4 is 49.2 Å². The molecule has 14 heavy (non-hydrogen) atoms. The van der Waals surface area contributed by atoms with Crippen LogP contribution in [0.15, 0.2) is 21.1 Å². The van der Waals surface area contributed by atoms with Crippen LogP contribution in [0.1, 0.15) is 10.4 Å². The normalized spacial score (nSPS) is 14.9. The number of amides is 1. The topological polar surface area (TPSA) is 37.4 Å². The molecule has 1 aliphatic heterocycles. The minimum absolute atomic E-state index is 0.448. The van der Waals surface area contributed by atoms with Crippen LogP contribution in [0, 0.1) is 0 Å². The lowest BCUT2D eigenvalue weighted by Crippen LogP contribution is -2.24. The monoisotopic (exact) mass is 317 g/mol. The molecule has 0 atom stereocenters. The molecule has 0 unspecified atom stereocenters. The second kappa shape index (κ2) is 3.17. The number of benzene rings is 1. The summed E-state index contributed by atoms with van der Waals surface area (Å²) in [6.07, 6.45) is 0. The first-order valence-electron chi connectivity index (χ1n) is 3.84. The quantitative estimate of drug-likeness (QED) is 0.689. The molecule has 3 nitrogen and oxygen atoms in total. The van der Waals surface area contributed by atoms with Crippen LogP contribution in [0.2, 0.25) is 0 Å². The van der Waals surface area contributed by atoms with E-state index in [-0.39, 0.29) is 0 Å². The third kappa shape index (κ3) is 1.23. The molecule has 0 aliphatic carbocycles. The Balaban J connectivity index is 2.71. The number of hydrogen-bond donors (Lipinski definition) is 0. The van der Waals surface area contributed by atoms with E-state index in [1.165, 1.54) is 4.90 Å². The van der Waals surface area contributed by atoms with Crippen LogP contribution in [0.3, 0.4) is 0 Å². The van der Waals surface area contributed by atoms with Crippen LogP contribution >= 0.6 is 31.9 Å². The lowest BCUT2D eigenvalue weighted by molar-refractivity contribution is -0.114. The molecule has 0 aromatic heterocycles. The molecule has 0 bridgehead atoms. The van der Waals surface area contributed by atoms with Crippen molar-refractivity contribution in [3.05, 3.63) is 26.6 Å². The van der Waals surface area contributed by atoms with Crippen LogP contribution in [0.4, 0.5) is 5.69 Å². The van der Waals surface area contributed by atoms with Crippen molar-refractivity contribution in [3.63, 3.8) is 0 Å². The number of carbonyl (C=O) groups excluding carboxylic acids is 2. The Bertz CT molecular complexity index is 456. The molecule has 1 aromatic rings. The molecule has 1 heterocycles. The van der Waals surface area contributed by atoms with E-state index >= 15 is 0 Å². The predicted molar refractivity (Wildman–Crippen MR) is 59.6 cm³/mol. The zero-order chi connectivity index (χ0) is 10.5. The molecule has 0 saturated heterocycles. The molecule has 0 N–H and O–H groups in total. The molecular weight excluding hydrogens is 314 g/mol. The highest BCUT2D eigenvalue weighted by Crippen LogP contribution is 2.35. The summed E-state index contributed by atoms with van der Waals surface area (Å²) in [7, 11) is 1.59. The third-order valence-electron chi connectivity index (χ3n) is 2.14. The van der Waals surface area contributed by atoms with E-state index < -0.39 is 11.7 Å². The van der Waals surface area contributed by atoms with E-state index in [1.807, 2.05) is 0 Å². The van der Waals surface area contributed by atoms with E-state index in [1.54, 1.807) is 19.2 Å². The fourth-order valence-corrected chi connectivity index (χ4v) is 2.05. The van der Waals surface area contributed by atoms with Gasteiger partial charge in [0.05, 0.1) is 11.3 Å². The van der Waals surface area contributed by atoms with Gasteiger partial charge in [-0.25, -0.2) is 0 Å². The summed E-state index contributed by atoms with van der Waals surface area (Å²) in [6, 6.07) is 3.41. The van der Waals surface area contributed by atoms with Gasteiger partial charge in [0, 0.05) is 16.0 Å². The third-order valence-corrected chi connectivity index (χ3v) is 3.99. The van der Waals surface area contributed by atoms with E-state index in [4.69, 9.17) is 0 Å². The number of ketones is 1. The zero-order valence-electron chi connectivity index (χ0n) is 7.17. The minimum atomic E-state index is -0.481. The number of nitrogens with zero attached hydrogens (tertiary/aromatic N) is 1. The molecule has 0 spiro atoms. The van der Waals surface area contributed by atoms with Gasteiger partial charge in [0.25, 0.3) is 11.7 Å². The van der Waals surface area contributed by atoms with Crippen molar-refractivity contribution in [1.82, 2.24) is 0 Å². The van der Waals surface area contributed by atoms with Gasteiger partial charge in [-0.1, -0.05) is 0 Å². The Labute approximate surface area is 97.3 Å². The molecule has 1 aromatic carbocycles. The van der Waals surface area contributed by atoms with Crippen molar-refractivity contribution in [2.45, 2.75) is 0 Å². The fourth-order valence-electron chi connectivity index (χ4n) is 1.37. The first kappa shape index (κ1) is 9.86. The molecule has 0 radical (unpaired) electrons. The standard InChI is InChI=1S/C9H5Br2NO2/c1-12-7-3-6(11)5(10)2-4(7)8(13)9(12)14/h2-3H,1H3. The number of carbonyl (C=O) groups is 2. The van der Waals surface area contributed by atoms with Crippen molar-refractivity contribution in [1.29, 1.82) is 0 Å². The highest BCUT2D eigenvalue weighted by Gasteiger charge is 2.33. The summed E-state index contributed by atoms with van der Waals surface area (Å²) in [4.78, 5) is 24.1. The predicted octanol–water partition coefficient (Wildman–Crippen LogP) is 2.37. The number of halogens is 2. The second-order valence-corrected chi connectivity index (χ2v) is 4.69. The van der Waals surface area contributed by atoms with Crippen LogP contribution < -0.4 is 4.90 Å². The van der Waals surface area contributed by atoms with Gasteiger partial charge in [0.2, 0.25) is 0 Å². The molecule has 1 amide bonds. The maximum atomic E-state index is 11.4.